The average molecular weight is 328 g/mol. The highest BCUT2D eigenvalue weighted by Crippen LogP contribution is 2.46. The molecule has 0 radical (unpaired) electrons. The molecule has 1 saturated carbocycles. The van der Waals surface area contributed by atoms with Crippen molar-refractivity contribution in [1.29, 1.82) is 0 Å². The molecule has 7 heteroatoms. The van der Waals surface area contributed by atoms with E-state index in [9.17, 15) is 18.8 Å². The van der Waals surface area contributed by atoms with E-state index in [4.69, 9.17) is 11.2 Å². The highest BCUT2D eigenvalue weighted by atomic mass is 19.1. The molecule has 1 aromatic carbocycles. The summed E-state index contributed by atoms with van der Waals surface area (Å²) in [5.41, 5.74) is 0.110. The third kappa shape index (κ3) is 1.86. The lowest BCUT2D eigenvalue weighted by atomic mass is 9.76. The van der Waals surface area contributed by atoms with Gasteiger partial charge in [-0.15, -0.1) is 6.42 Å². The van der Waals surface area contributed by atoms with Crippen LogP contribution in [0.2, 0.25) is 0 Å². The molecule has 1 saturated heterocycles. The number of hydrogen-bond donors (Lipinski definition) is 0. The van der Waals surface area contributed by atoms with Crippen molar-refractivity contribution in [2.75, 3.05) is 23.0 Å². The SMILES string of the molecule is C#CCN1C(=O)COc2cc(F)c(N3C(=O)C4CCC4C3=O)cc21. The van der Waals surface area contributed by atoms with Gasteiger partial charge in [0.2, 0.25) is 11.8 Å². The molecule has 2 heterocycles. The number of amides is 3. The summed E-state index contributed by atoms with van der Waals surface area (Å²) in [6, 6.07) is 2.38. The van der Waals surface area contributed by atoms with Crippen molar-refractivity contribution in [3.63, 3.8) is 0 Å². The second-order valence-corrected chi connectivity index (χ2v) is 6.05. The highest BCUT2D eigenvalue weighted by molar-refractivity contribution is 6.23. The molecule has 0 bridgehead atoms. The molecule has 0 aromatic heterocycles. The fourth-order valence-electron chi connectivity index (χ4n) is 3.42. The van der Waals surface area contributed by atoms with Crippen LogP contribution in [0.1, 0.15) is 12.8 Å². The monoisotopic (exact) mass is 328 g/mol. The number of carbonyl (C=O) groups is 3. The van der Waals surface area contributed by atoms with Gasteiger partial charge in [0, 0.05) is 6.07 Å². The van der Waals surface area contributed by atoms with Crippen LogP contribution in [0.25, 0.3) is 0 Å². The number of benzene rings is 1. The first-order chi connectivity index (χ1) is 11.5. The predicted molar refractivity (Wildman–Crippen MR) is 81.8 cm³/mol. The summed E-state index contributed by atoms with van der Waals surface area (Å²) in [4.78, 5) is 38.9. The normalized spacial score (nSPS) is 24.9. The standard InChI is InChI=1S/C17H13FN2O4/c1-2-5-19-13-7-12(11(18)6-14(13)24-8-15(19)21)20-16(22)9-3-4-10(9)17(20)23/h1,6-7,9-10H,3-5,8H2. The van der Waals surface area contributed by atoms with Crippen LogP contribution in [0, 0.1) is 30.0 Å². The summed E-state index contributed by atoms with van der Waals surface area (Å²) < 4.78 is 19.7. The number of hydrogen-bond acceptors (Lipinski definition) is 4. The zero-order valence-electron chi connectivity index (χ0n) is 12.6. The van der Waals surface area contributed by atoms with Crippen molar-refractivity contribution in [2.45, 2.75) is 12.8 Å². The van der Waals surface area contributed by atoms with Gasteiger partial charge in [-0.05, 0) is 18.9 Å². The minimum Gasteiger partial charge on any atom is -0.481 e. The number of terminal acetylenes is 1. The molecule has 3 amide bonds. The van der Waals surface area contributed by atoms with E-state index in [2.05, 4.69) is 5.92 Å². The van der Waals surface area contributed by atoms with Gasteiger partial charge in [0.25, 0.3) is 5.91 Å². The number of anilines is 2. The molecule has 1 aliphatic carbocycles. The van der Waals surface area contributed by atoms with Crippen molar-refractivity contribution >= 4 is 29.1 Å². The van der Waals surface area contributed by atoms with Crippen LogP contribution in [0.3, 0.4) is 0 Å². The Bertz CT molecular complexity index is 807. The maximum absolute atomic E-state index is 14.5. The van der Waals surface area contributed by atoms with Gasteiger partial charge >= 0.3 is 0 Å². The number of rotatable bonds is 2. The van der Waals surface area contributed by atoms with E-state index in [0.717, 1.165) is 11.0 Å². The molecular formula is C17H13FN2O4. The fourth-order valence-corrected chi connectivity index (χ4v) is 3.42. The zero-order chi connectivity index (χ0) is 17.0. The number of carbonyl (C=O) groups excluding carboxylic acids is 3. The quantitative estimate of drug-likeness (QED) is 0.602. The molecule has 4 rings (SSSR count). The Morgan fingerprint density at radius 3 is 2.42 bits per heavy atom. The van der Waals surface area contributed by atoms with Crippen LogP contribution in [-0.4, -0.2) is 30.9 Å². The Hall–Kier alpha value is -2.88. The van der Waals surface area contributed by atoms with Crippen LogP contribution in [0.5, 0.6) is 5.75 Å². The van der Waals surface area contributed by atoms with Gasteiger partial charge in [0.05, 0.1) is 29.8 Å². The second-order valence-electron chi connectivity index (χ2n) is 6.05. The molecule has 6 nitrogen and oxygen atoms in total. The Morgan fingerprint density at radius 2 is 1.83 bits per heavy atom. The predicted octanol–water partition coefficient (Wildman–Crippen LogP) is 1.08. The lowest BCUT2D eigenvalue weighted by molar-refractivity contribution is -0.123. The summed E-state index contributed by atoms with van der Waals surface area (Å²) in [5, 5.41) is 0. The lowest BCUT2D eigenvalue weighted by Gasteiger charge is -2.29. The van der Waals surface area contributed by atoms with Gasteiger partial charge in [-0.3, -0.25) is 19.3 Å². The molecule has 3 aliphatic rings. The van der Waals surface area contributed by atoms with Gasteiger partial charge in [-0.1, -0.05) is 5.92 Å². The number of ether oxygens (including phenoxy) is 1. The Morgan fingerprint density at radius 1 is 1.17 bits per heavy atom. The van der Waals surface area contributed by atoms with Crippen LogP contribution in [-0.2, 0) is 14.4 Å². The molecule has 2 aliphatic heterocycles. The van der Waals surface area contributed by atoms with E-state index in [1.54, 1.807) is 0 Å². The van der Waals surface area contributed by atoms with Crippen LogP contribution in [0.15, 0.2) is 12.1 Å². The van der Waals surface area contributed by atoms with Crippen molar-refractivity contribution in [1.82, 2.24) is 0 Å². The third-order valence-corrected chi connectivity index (χ3v) is 4.81. The van der Waals surface area contributed by atoms with E-state index in [0.29, 0.717) is 12.8 Å². The lowest BCUT2D eigenvalue weighted by Crippen LogP contribution is -2.39. The minimum absolute atomic E-state index is 0.00654. The Labute approximate surface area is 137 Å². The summed E-state index contributed by atoms with van der Waals surface area (Å²) >= 11 is 0. The molecule has 122 valence electrons. The van der Waals surface area contributed by atoms with E-state index in [1.165, 1.54) is 11.0 Å². The molecule has 0 N–H and O–H groups in total. The van der Waals surface area contributed by atoms with Gasteiger partial charge in [0.1, 0.15) is 5.75 Å². The fraction of sp³-hybridized carbons (Fsp3) is 0.353. The Balaban J connectivity index is 1.80. The minimum atomic E-state index is -0.744. The number of halogens is 1. The maximum Gasteiger partial charge on any atom is 0.265 e. The smallest absolute Gasteiger partial charge is 0.265 e. The molecule has 2 atom stereocenters. The molecular weight excluding hydrogens is 315 g/mol. The second kappa shape index (κ2) is 5.06. The summed E-state index contributed by atoms with van der Waals surface area (Å²) in [7, 11) is 0. The van der Waals surface area contributed by atoms with Crippen molar-refractivity contribution in [2.24, 2.45) is 11.8 Å². The summed E-state index contributed by atoms with van der Waals surface area (Å²) in [5.74, 6) is -0.0676. The van der Waals surface area contributed by atoms with Crippen molar-refractivity contribution in [3.8, 4) is 18.1 Å². The van der Waals surface area contributed by atoms with Gasteiger partial charge in [-0.25, -0.2) is 9.29 Å². The van der Waals surface area contributed by atoms with Crippen LogP contribution < -0.4 is 14.5 Å². The molecule has 2 fully saturated rings. The van der Waals surface area contributed by atoms with Gasteiger partial charge < -0.3 is 4.74 Å². The van der Waals surface area contributed by atoms with E-state index in [-0.39, 0.29) is 59.8 Å². The van der Waals surface area contributed by atoms with Gasteiger partial charge in [-0.2, -0.15) is 0 Å². The Kier molecular flexibility index (Phi) is 3.10. The van der Waals surface area contributed by atoms with E-state index >= 15 is 0 Å². The molecule has 0 spiro atoms. The number of imide groups is 1. The van der Waals surface area contributed by atoms with E-state index in [1.807, 2.05) is 0 Å². The van der Waals surface area contributed by atoms with Crippen LogP contribution >= 0.6 is 0 Å². The van der Waals surface area contributed by atoms with Crippen LogP contribution in [0.4, 0.5) is 15.8 Å². The zero-order valence-corrected chi connectivity index (χ0v) is 12.6. The largest absolute Gasteiger partial charge is 0.481 e. The first-order valence-corrected chi connectivity index (χ1v) is 7.61. The molecule has 24 heavy (non-hydrogen) atoms. The maximum atomic E-state index is 14.5. The van der Waals surface area contributed by atoms with Gasteiger partial charge in [0.15, 0.2) is 12.4 Å². The average Bonchev–Trinajstić information content (AvgIpc) is 2.66. The number of fused-ring (bicyclic) bond motifs is 2. The van der Waals surface area contributed by atoms with E-state index < -0.39 is 5.82 Å². The highest BCUT2D eigenvalue weighted by Gasteiger charge is 2.53. The first kappa shape index (κ1) is 14.7. The molecule has 2 unspecified atom stereocenters. The van der Waals surface area contributed by atoms with Crippen molar-refractivity contribution < 1.29 is 23.5 Å². The number of nitrogens with zero attached hydrogens (tertiary/aromatic N) is 2. The summed E-state index contributed by atoms with van der Waals surface area (Å²) in [6.07, 6.45) is 6.56. The summed E-state index contributed by atoms with van der Waals surface area (Å²) in [6.45, 7) is -0.243. The first-order valence-electron chi connectivity index (χ1n) is 7.61. The molecule has 1 aromatic rings. The topological polar surface area (TPSA) is 66.9 Å². The third-order valence-electron chi connectivity index (χ3n) is 4.81. The van der Waals surface area contributed by atoms with Crippen molar-refractivity contribution in [3.05, 3.63) is 17.9 Å².